The number of carbonyl (C=O) groups excluding carboxylic acids is 1. The second kappa shape index (κ2) is 6.69. The summed E-state index contributed by atoms with van der Waals surface area (Å²) in [5.74, 6) is 0.777. The third-order valence-corrected chi connectivity index (χ3v) is 4.39. The molecule has 1 aliphatic heterocycles. The summed E-state index contributed by atoms with van der Waals surface area (Å²) in [6, 6.07) is 9.38. The Labute approximate surface area is 133 Å². The molecule has 1 aromatic rings. The molecule has 0 aromatic heterocycles. The Bertz CT molecular complexity index is 490. The van der Waals surface area contributed by atoms with Crippen molar-refractivity contribution in [2.75, 3.05) is 13.1 Å². The minimum absolute atomic E-state index is 0.309. The first-order chi connectivity index (χ1) is 10.3. The molecule has 2 rings (SSSR count). The fourth-order valence-corrected chi connectivity index (χ4v) is 2.89. The highest BCUT2D eigenvalue weighted by Gasteiger charge is 2.40. The van der Waals surface area contributed by atoms with Crippen LogP contribution in [-0.4, -0.2) is 30.3 Å². The van der Waals surface area contributed by atoms with E-state index in [1.807, 2.05) is 44.2 Å². The molecule has 1 saturated heterocycles. The molecule has 1 fully saturated rings. The average Bonchev–Trinajstić information content (AvgIpc) is 2.48. The lowest BCUT2D eigenvalue weighted by Crippen LogP contribution is -2.86. The Balaban J connectivity index is 2.00. The van der Waals surface area contributed by atoms with Crippen molar-refractivity contribution in [2.45, 2.75) is 51.7 Å². The normalized spacial score (nSPS) is 17.1. The number of carbonyl (C=O) groups is 1. The van der Waals surface area contributed by atoms with Crippen LogP contribution < -0.4 is 10.1 Å². The molecule has 0 unspecified atom stereocenters. The molecule has 1 heterocycles. The van der Waals surface area contributed by atoms with Crippen LogP contribution in [0.25, 0.3) is 0 Å². The molecular weight excluding hydrogens is 278 g/mol. The van der Waals surface area contributed by atoms with Gasteiger partial charge in [-0.05, 0) is 39.8 Å². The standard InChI is InChI=1S/C18H27NO3/c1-17(2,14-10-12-19-13-11-14)22-16(20)18(3,4)21-15-8-6-5-7-9-15/h5-9,14,19H,10-13H2,1-4H3/p+1. The van der Waals surface area contributed by atoms with Gasteiger partial charge in [-0.15, -0.1) is 0 Å². The molecular formula is C18H28NO3+. The van der Waals surface area contributed by atoms with Gasteiger partial charge in [-0.1, -0.05) is 18.2 Å². The van der Waals surface area contributed by atoms with Gasteiger partial charge in [-0.25, -0.2) is 4.79 Å². The van der Waals surface area contributed by atoms with Gasteiger partial charge in [-0.3, -0.25) is 0 Å². The van der Waals surface area contributed by atoms with Crippen LogP contribution in [0.3, 0.4) is 0 Å². The number of quaternary nitrogens is 1. The van der Waals surface area contributed by atoms with Gasteiger partial charge in [0, 0.05) is 18.8 Å². The molecule has 0 saturated carbocycles. The van der Waals surface area contributed by atoms with E-state index in [4.69, 9.17) is 9.47 Å². The summed E-state index contributed by atoms with van der Waals surface area (Å²) in [4.78, 5) is 12.6. The van der Waals surface area contributed by atoms with Crippen molar-refractivity contribution < 1.29 is 19.6 Å². The van der Waals surface area contributed by atoms with Gasteiger partial charge in [-0.2, -0.15) is 0 Å². The lowest BCUT2D eigenvalue weighted by molar-refractivity contribution is -0.665. The zero-order valence-electron chi connectivity index (χ0n) is 14.1. The Morgan fingerprint density at radius 1 is 1.09 bits per heavy atom. The molecule has 122 valence electrons. The topological polar surface area (TPSA) is 52.1 Å². The molecule has 0 spiro atoms. The fourth-order valence-electron chi connectivity index (χ4n) is 2.89. The Morgan fingerprint density at radius 2 is 1.68 bits per heavy atom. The third kappa shape index (κ3) is 4.23. The van der Waals surface area contributed by atoms with Gasteiger partial charge in [0.1, 0.15) is 11.4 Å². The van der Waals surface area contributed by atoms with E-state index in [2.05, 4.69) is 5.32 Å². The second-order valence-corrected chi connectivity index (χ2v) is 7.06. The van der Waals surface area contributed by atoms with E-state index in [-0.39, 0.29) is 5.97 Å². The van der Waals surface area contributed by atoms with E-state index in [1.54, 1.807) is 13.8 Å². The smallest absolute Gasteiger partial charge is 0.350 e. The molecule has 4 nitrogen and oxygen atoms in total. The van der Waals surface area contributed by atoms with E-state index in [1.165, 1.54) is 0 Å². The van der Waals surface area contributed by atoms with Crippen LogP contribution in [0.15, 0.2) is 30.3 Å². The summed E-state index contributed by atoms with van der Waals surface area (Å²) in [6.07, 6.45) is 2.17. The van der Waals surface area contributed by atoms with Crippen LogP contribution >= 0.6 is 0 Å². The number of esters is 1. The predicted octanol–water partition coefficient (Wildman–Crippen LogP) is 2.14. The van der Waals surface area contributed by atoms with Gasteiger partial charge in [0.15, 0.2) is 5.60 Å². The monoisotopic (exact) mass is 306 g/mol. The SMILES string of the molecule is CC(C)(Oc1ccccc1)C(=O)OC(C)(C)C1CC[NH2+]CC1. The number of piperidine rings is 1. The highest BCUT2D eigenvalue weighted by atomic mass is 16.6. The number of rotatable bonds is 5. The molecule has 4 heteroatoms. The number of hydrogen-bond acceptors (Lipinski definition) is 3. The first-order valence-corrected chi connectivity index (χ1v) is 8.10. The van der Waals surface area contributed by atoms with Gasteiger partial charge in [0.25, 0.3) is 0 Å². The van der Waals surface area contributed by atoms with Crippen molar-refractivity contribution in [1.82, 2.24) is 0 Å². The molecule has 0 atom stereocenters. The maximum Gasteiger partial charge on any atom is 0.350 e. The number of ether oxygens (including phenoxy) is 2. The molecule has 0 radical (unpaired) electrons. The highest BCUT2D eigenvalue weighted by Crippen LogP contribution is 2.30. The largest absolute Gasteiger partial charge is 0.476 e. The highest BCUT2D eigenvalue weighted by molar-refractivity contribution is 5.79. The Hall–Kier alpha value is -1.55. The Morgan fingerprint density at radius 3 is 2.27 bits per heavy atom. The zero-order chi connectivity index (χ0) is 16.2. The first-order valence-electron chi connectivity index (χ1n) is 8.10. The molecule has 0 bridgehead atoms. The summed E-state index contributed by atoms with van der Waals surface area (Å²) in [6.45, 7) is 9.75. The number of nitrogens with two attached hydrogens (primary N) is 1. The second-order valence-electron chi connectivity index (χ2n) is 7.06. The van der Waals surface area contributed by atoms with E-state index in [0.29, 0.717) is 11.7 Å². The molecule has 1 aliphatic rings. The number of benzene rings is 1. The molecule has 22 heavy (non-hydrogen) atoms. The van der Waals surface area contributed by atoms with Crippen molar-refractivity contribution in [3.63, 3.8) is 0 Å². The predicted molar refractivity (Wildman–Crippen MR) is 85.7 cm³/mol. The van der Waals surface area contributed by atoms with Crippen molar-refractivity contribution >= 4 is 5.97 Å². The van der Waals surface area contributed by atoms with Crippen LogP contribution in [0, 0.1) is 5.92 Å². The van der Waals surface area contributed by atoms with Crippen molar-refractivity contribution in [2.24, 2.45) is 5.92 Å². The minimum atomic E-state index is -1.00. The minimum Gasteiger partial charge on any atom is -0.476 e. The van der Waals surface area contributed by atoms with Crippen LogP contribution in [0.1, 0.15) is 40.5 Å². The van der Waals surface area contributed by atoms with Gasteiger partial charge >= 0.3 is 5.97 Å². The molecule has 1 aromatic carbocycles. The van der Waals surface area contributed by atoms with Crippen molar-refractivity contribution in [3.8, 4) is 5.75 Å². The van der Waals surface area contributed by atoms with Crippen molar-refractivity contribution in [1.29, 1.82) is 0 Å². The van der Waals surface area contributed by atoms with Gasteiger partial charge in [0.2, 0.25) is 0 Å². The van der Waals surface area contributed by atoms with E-state index in [9.17, 15) is 4.79 Å². The molecule has 0 amide bonds. The first kappa shape index (κ1) is 16.8. The quantitative estimate of drug-likeness (QED) is 0.848. The summed E-state index contributed by atoms with van der Waals surface area (Å²) in [7, 11) is 0. The van der Waals surface area contributed by atoms with Crippen LogP contribution in [0.2, 0.25) is 0 Å². The maximum absolute atomic E-state index is 12.6. The van der Waals surface area contributed by atoms with E-state index >= 15 is 0 Å². The lowest BCUT2D eigenvalue weighted by atomic mass is 9.83. The summed E-state index contributed by atoms with van der Waals surface area (Å²) >= 11 is 0. The lowest BCUT2D eigenvalue weighted by Gasteiger charge is -2.37. The van der Waals surface area contributed by atoms with Crippen LogP contribution in [-0.2, 0) is 9.53 Å². The fraction of sp³-hybridized carbons (Fsp3) is 0.611. The Kier molecular flexibility index (Phi) is 5.12. The molecule has 0 aliphatic carbocycles. The molecule has 2 N–H and O–H groups in total. The van der Waals surface area contributed by atoms with E-state index < -0.39 is 11.2 Å². The van der Waals surface area contributed by atoms with Crippen LogP contribution in [0.5, 0.6) is 5.75 Å². The number of para-hydroxylation sites is 1. The third-order valence-electron chi connectivity index (χ3n) is 4.39. The zero-order valence-corrected chi connectivity index (χ0v) is 14.1. The van der Waals surface area contributed by atoms with Gasteiger partial charge in [0.05, 0.1) is 13.1 Å². The maximum atomic E-state index is 12.6. The summed E-state index contributed by atoms with van der Waals surface area (Å²) in [5.41, 5.74) is -1.46. The van der Waals surface area contributed by atoms with Crippen molar-refractivity contribution in [3.05, 3.63) is 30.3 Å². The van der Waals surface area contributed by atoms with Crippen LogP contribution in [0.4, 0.5) is 0 Å². The average molecular weight is 306 g/mol. The summed E-state index contributed by atoms with van der Waals surface area (Å²) < 4.78 is 11.7. The van der Waals surface area contributed by atoms with Gasteiger partial charge < -0.3 is 14.8 Å². The number of hydrogen-bond donors (Lipinski definition) is 1. The summed E-state index contributed by atoms with van der Waals surface area (Å²) in [5, 5.41) is 2.32. The van der Waals surface area contributed by atoms with E-state index in [0.717, 1.165) is 25.9 Å².